The van der Waals surface area contributed by atoms with Gasteiger partial charge in [0.25, 0.3) is 5.91 Å². The molecule has 1 aromatic carbocycles. The number of pyridine rings is 1. The van der Waals surface area contributed by atoms with E-state index in [1.807, 2.05) is 4.90 Å². The number of amides is 1. The Morgan fingerprint density at radius 2 is 2.12 bits per heavy atom. The van der Waals surface area contributed by atoms with Crippen molar-refractivity contribution >= 4 is 17.1 Å². The van der Waals surface area contributed by atoms with E-state index in [0.717, 1.165) is 18.2 Å². The smallest absolute Gasteiger partial charge is 0.387 e. The fraction of sp³-hybridized carbons (Fsp3) is 0.364. The Morgan fingerprint density at radius 1 is 1.30 bits per heavy atom. The zero-order chi connectivity index (χ0) is 23.5. The van der Waals surface area contributed by atoms with Gasteiger partial charge in [0.15, 0.2) is 0 Å². The molecule has 11 heteroatoms. The normalized spacial score (nSPS) is 17.0. The van der Waals surface area contributed by atoms with Crippen LogP contribution in [0.1, 0.15) is 34.8 Å². The lowest BCUT2D eigenvalue weighted by molar-refractivity contribution is -0.0499. The van der Waals surface area contributed by atoms with Crippen LogP contribution in [-0.2, 0) is 0 Å². The highest BCUT2D eigenvalue weighted by Crippen LogP contribution is 2.39. The molecule has 0 aliphatic carbocycles. The summed E-state index contributed by atoms with van der Waals surface area (Å²) in [5, 5.41) is 25.1. The summed E-state index contributed by atoms with van der Waals surface area (Å²) in [6.07, 6.45) is 3.38. The fourth-order valence-corrected chi connectivity index (χ4v) is 4.05. The quantitative estimate of drug-likeness (QED) is 0.474. The summed E-state index contributed by atoms with van der Waals surface area (Å²) in [6, 6.07) is 6.72. The van der Waals surface area contributed by atoms with Gasteiger partial charge in [0.1, 0.15) is 11.6 Å². The minimum Gasteiger partial charge on any atom is -0.435 e. The molecule has 1 fully saturated rings. The number of carbonyl (C=O) groups is 1. The summed E-state index contributed by atoms with van der Waals surface area (Å²) in [6.45, 7) is -2.99. The van der Waals surface area contributed by atoms with Crippen LogP contribution in [0.2, 0.25) is 0 Å². The fourth-order valence-electron chi connectivity index (χ4n) is 4.05. The molecule has 0 saturated carbocycles. The molecule has 3 aromatic rings. The largest absolute Gasteiger partial charge is 0.435 e. The number of nitrogens with one attached hydrogen (secondary N) is 1. The topological polar surface area (TPSA) is 99.3 Å². The van der Waals surface area contributed by atoms with E-state index in [0.29, 0.717) is 18.5 Å². The third kappa shape index (κ3) is 4.88. The van der Waals surface area contributed by atoms with Crippen molar-refractivity contribution in [1.82, 2.24) is 14.9 Å². The summed E-state index contributed by atoms with van der Waals surface area (Å²) in [5.74, 6) is -1.08. The number of nitrogens with zero attached hydrogens (tertiary/aromatic N) is 3. The highest BCUT2D eigenvalue weighted by Gasteiger charge is 2.29. The van der Waals surface area contributed by atoms with Crippen LogP contribution in [0.5, 0.6) is 5.75 Å². The number of fused-ring (bicyclic) bond motifs is 1. The number of aliphatic hydroxyl groups is 2. The van der Waals surface area contributed by atoms with Gasteiger partial charge in [0.2, 0.25) is 0 Å². The highest BCUT2D eigenvalue weighted by molar-refractivity contribution is 6.01. The summed E-state index contributed by atoms with van der Waals surface area (Å²) >= 11 is 0. The Labute approximate surface area is 187 Å². The molecule has 2 unspecified atom stereocenters. The van der Waals surface area contributed by atoms with Gasteiger partial charge in [-0.1, -0.05) is 0 Å². The lowest BCUT2D eigenvalue weighted by Crippen LogP contribution is -2.33. The summed E-state index contributed by atoms with van der Waals surface area (Å²) in [5.41, 5.74) is 1.75. The average Bonchev–Trinajstić information content (AvgIpc) is 3.45. The molecule has 2 atom stereocenters. The predicted octanol–water partition coefficient (Wildman–Crippen LogP) is 2.50. The van der Waals surface area contributed by atoms with Crippen LogP contribution < -0.4 is 15.0 Å². The third-order valence-electron chi connectivity index (χ3n) is 5.59. The molecule has 3 N–H and O–H groups in total. The van der Waals surface area contributed by atoms with Crippen molar-refractivity contribution in [1.29, 1.82) is 0 Å². The summed E-state index contributed by atoms with van der Waals surface area (Å²) in [4.78, 5) is 14.5. The van der Waals surface area contributed by atoms with Gasteiger partial charge in [-0.15, -0.1) is 0 Å². The molecule has 1 aliphatic heterocycles. The minimum absolute atomic E-state index is 0.108. The molecule has 1 amide bonds. The lowest BCUT2D eigenvalue weighted by atomic mass is 10.0. The van der Waals surface area contributed by atoms with Crippen LogP contribution in [0, 0.1) is 5.82 Å². The molecule has 2 aromatic heterocycles. The molecule has 176 valence electrons. The zero-order valence-electron chi connectivity index (χ0n) is 17.5. The van der Waals surface area contributed by atoms with E-state index in [2.05, 4.69) is 15.2 Å². The van der Waals surface area contributed by atoms with Crippen molar-refractivity contribution < 1.29 is 32.9 Å². The molecule has 3 heterocycles. The number of rotatable bonds is 8. The first-order valence-corrected chi connectivity index (χ1v) is 10.4. The second-order valence-electron chi connectivity index (χ2n) is 7.73. The van der Waals surface area contributed by atoms with Gasteiger partial charge in [-0.05, 0) is 43.2 Å². The minimum atomic E-state index is -3.00. The monoisotopic (exact) mass is 464 g/mol. The van der Waals surface area contributed by atoms with Crippen LogP contribution in [0.3, 0.4) is 0 Å². The Morgan fingerprint density at radius 3 is 2.88 bits per heavy atom. The maximum atomic E-state index is 14.6. The second kappa shape index (κ2) is 9.67. The standard InChI is InChI=1S/C22H23F3N4O4/c23-18-4-3-15(33-22(24)25)9-16(18)19-2-1-6-28(19)13-5-7-29-20(8-13)17(11-27-29)21(32)26-10-14(31)12-30/h3-5,7-9,11,14,19,22,30-31H,1-2,6,10,12H2,(H,26,32). The number of alkyl halides is 2. The molecule has 0 bridgehead atoms. The van der Waals surface area contributed by atoms with Gasteiger partial charge >= 0.3 is 6.61 Å². The Hall–Kier alpha value is -3.31. The van der Waals surface area contributed by atoms with Gasteiger partial charge in [-0.3, -0.25) is 4.79 Å². The van der Waals surface area contributed by atoms with Crippen LogP contribution >= 0.6 is 0 Å². The zero-order valence-corrected chi connectivity index (χ0v) is 17.5. The third-order valence-corrected chi connectivity index (χ3v) is 5.59. The van der Waals surface area contributed by atoms with Gasteiger partial charge < -0.3 is 25.2 Å². The van der Waals surface area contributed by atoms with E-state index in [4.69, 9.17) is 5.11 Å². The SMILES string of the molecule is O=C(NCC(O)CO)c1cnn2ccc(N3CCCC3c3cc(OC(F)F)ccc3F)cc12. The van der Waals surface area contributed by atoms with E-state index in [-0.39, 0.29) is 23.4 Å². The van der Waals surface area contributed by atoms with Crippen LogP contribution in [0.25, 0.3) is 5.52 Å². The number of ether oxygens (including phenoxy) is 1. The number of hydrogen-bond acceptors (Lipinski definition) is 6. The second-order valence-corrected chi connectivity index (χ2v) is 7.73. The van der Waals surface area contributed by atoms with E-state index in [1.54, 1.807) is 18.3 Å². The van der Waals surface area contributed by atoms with Crippen molar-refractivity contribution in [3.63, 3.8) is 0 Å². The summed E-state index contributed by atoms with van der Waals surface area (Å²) < 4.78 is 45.8. The maximum Gasteiger partial charge on any atom is 0.387 e. The Balaban J connectivity index is 1.63. The number of anilines is 1. The van der Waals surface area contributed by atoms with Gasteiger partial charge in [0.05, 0.1) is 36.0 Å². The first-order chi connectivity index (χ1) is 15.9. The van der Waals surface area contributed by atoms with Crippen molar-refractivity contribution in [2.75, 3.05) is 24.6 Å². The van der Waals surface area contributed by atoms with Gasteiger partial charge in [0, 0.05) is 30.5 Å². The first kappa shape index (κ1) is 22.9. The van der Waals surface area contributed by atoms with Crippen LogP contribution in [-0.4, -0.2) is 58.1 Å². The number of halogens is 3. The van der Waals surface area contributed by atoms with Crippen molar-refractivity contribution in [3.8, 4) is 5.75 Å². The number of benzene rings is 1. The van der Waals surface area contributed by atoms with E-state index in [9.17, 15) is 23.1 Å². The van der Waals surface area contributed by atoms with Crippen molar-refractivity contribution in [2.45, 2.75) is 31.6 Å². The Kier molecular flexibility index (Phi) is 6.70. The van der Waals surface area contributed by atoms with Crippen LogP contribution in [0.4, 0.5) is 18.9 Å². The van der Waals surface area contributed by atoms with Crippen LogP contribution in [0.15, 0.2) is 42.7 Å². The molecular formula is C22H23F3N4O4. The average molecular weight is 464 g/mol. The molecule has 1 aliphatic rings. The van der Waals surface area contributed by atoms with Crippen molar-refractivity contribution in [2.24, 2.45) is 0 Å². The first-order valence-electron chi connectivity index (χ1n) is 10.4. The predicted molar refractivity (Wildman–Crippen MR) is 113 cm³/mol. The number of aliphatic hydroxyl groups excluding tert-OH is 2. The number of hydrogen-bond donors (Lipinski definition) is 3. The van der Waals surface area contributed by atoms with Crippen molar-refractivity contribution in [3.05, 3.63) is 59.7 Å². The molecule has 33 heavy (non-hydrogen) atoms. The van der Waals surface area contributed by atoms with Gasteiger partial charge in [-0.2, -0.15) is 13.9 Å². The maximum absolute atomic E-state index is 14.6. The molecule has 4 rings (SSSR count). The van der Waals surface area contributed by atoms with E-state index in [1.165, 1.54) is 22.8 Å². The van der Waals surface area contributed by atoms with E-state index >= 15 is 0 Å². The van der Waals surface area contributed by atoms with E-state index < -0.39 is 37.1 Å². The Bertz CT molecular complexity index is 1140. The molecule has 0 radical (unpaired) electrons. The summed E-state index contributed by atoms with van der Waals surface area (Å²) in [7, 11) is 0. The highest BCUT2D eigenvalue weighted by atomic mass is 19.3. The molecule has 1 saturated heterocycles. The molecule has 8 nitrogen and oxygen atoms in total. The molecule has 0 spiro atoms. The number of carbonyl (C=O) groups excluding carboxylic acids is 1. The number of aromatic nitrogens is 2. The lowest BCUT2D eigenvalue weighted by Gasteiger charge is -2.28. The molecular weight excluding hydrogens is 441 g/mol. The van der Waals surface area contributed by atoms with Gasteiger partial charge in [-0.25, -0.2) is 8.91 Å².